The number of carbonyl (C=O) groups excluding carboxylic acids is 1. The van der Waals surface area contributed by atoms with Crippen LogP contribution in [-0.4, -0.2) is 43.0 Å². The molecule has 0 bridgehead atoms. The van der Waals surface area contributed by atoms with Crippen molar-refractivity contribution in [1.29, 1.82) is 0 Å². The fraction of sp³-hybridized carbons (Fsp3) is 0.600. The zero-order valence-electron chi connectivity index (χ0n) is 15.9. The molecule has 4 rings (SSSR count). The van der Waals surface area contributed by atoms with Crippen LogP contribution in [0.5, 0.6) is 0 Å². The Morgan fingerprint density at radius 2 is 2.19 bits per heavy atom. The molecular weight excluding hydrogens is 342 g/mol. The van der Waals surface area contributed by atoms with Gasteiger partial charge in [0, 0.05) is 69.1 Å². The monoisotopic (exact) mass is 369 g/mol. The summed E-state index contributed by atoms with van der Waals surface area (Å²) in [4.78, 5) is 35.0. The van der Waals surface area contributed by atoms with E-state index >= 15 is 0 Å². The van der Waals surface area contributed by atoms with Gasteiger partial charge in [-0.25, -0.2) is 4.98 Å². The molecule has 0 saturated carbocycles. The number of aromatic nitrogens is 4. The first-order valence-electron chi connectivity index (χ1n) is 9.98. The summed E-state index contributed by atoms with van der Waals surface area (Å²) in [5.41, 5.74) is 0.936. The minimum atomic E-state index is -0.141. The molecule has 2 aromatic heterocycles. The summed E-state index contributed by atoms with van der Waals surface area (Å²) in [6.45, 7) is 5.27. The molecule has 27 heavy (non-hydrogen) atoms. The molecule has 7 nitrogen and oxygen atoms in total. The molecule has 2 aromatic rings. The van der Waals surface area contributed by atoms with Crippen molar-refractivity contribution in [3.8, 4) is 0 Å². The molecule has 0 N–H and O–H groups in total. The van der Waals surface area contributed by atoms with E-state index in [0.717, 1.165) is 69.1 Å². The average Bonchev–Trinajstić information content (AvgIpc) is 3.30. The Balaban J connectivity index is 1.39. The molecule has 1 fully saturated rings. The Kier molecular flexibility index (Phi) is 5.09. The summed E-state index contributed by atoms with van der Waals surface area (Å²) < 4.78 is 4.29. The predicted molar refractivity (Wildman–Crippen MR) is 102 cm³/mol. The number of fused-ring (bicyclic) bond motifs is 1. The van der Waals surface area contributed by atoms with Gasteiger partial charge in [0.05, 0.1) is 0 Å². The van der Waals surface area contributed by atoms with Crippen LogP contribution in [0.15, 0.2) is 23.3 Å². The highest BCUT2D eigenvalue weighted by Crippen LogP contribution is 2.29. The molecule has 0 aliphatic carbocycles. The number of likely N-dealkylation sites (tertiary alicyclic amines) is 1. The Labute approximate surface area is 159 Å². The van der Waals surface area contributed by atoms with Gasteiger partial charge in [-0.2, -0.15) is 4.98 Å². The Hall–Kier alpha value is -2.44. The quantitative estimate of drug-likeness (QED) is 0.807. The van der Waals surface area contributed by atoms with Gasteiger partial charge >= 0.3 is 0 Å². The van der Waals surface area contributed by atoms with E-state index in [1.165, 1.54) is 0 Å². The molecule has 0 spiro atoms. The number of nitrogens with zero attached hydrogens (tertiary/aromatic N) is 5. The summed E-state index contributed by atoms with van der Waals surface area (Å²) in [6, 6.07) is 1.69. The van der Waals surface area contributed by atoms with Crippen molar-refractivity contribution in [1.82, 2.24) is 24.0 Å². The zero-order chi connectivity index (χ0) is 18.8. The van der Waals surface area contributed by atoms with Crippen LogP contribution in [0.3, 0.4) is 0 Å². The van der Waals surface area contributed by atoms with Crippen molar-refractivity contribution < 1.29 is 4.79 Å². The van der Waals surface area contributed by atoms with Crippen LogP contribution < -0.4 is 5.56 Å². The van der Waals surface area contributed by atoms with Crippen LogP contribution in [0.25, 0.3) is 0 Å². The zero-order valence-corrected chi connectivity index (χ0v) is 15.9. The molecule has 2 aliphatic heterocycles. The van der Waals surface area contributed by atoms with Crippen LogP contribution in [-0.2, 0) is 24.3 Å². The number of aryl methyl sites for hydroxylation is 3. The summed E-state index contributed by atoms with van der Waals surface area (Å²) in [5, 5.41) is 0. The number of imidazole rings is 1. The van der Waals surface area contributed by atoms with Crippen molar-refractivity contribution in [2.24, 2.45) is 0 Å². The van der Waals surface area contributed by atoms with Crippen LogP contribution >= 0.6 is 0 Å². The summed E-state index contributed by atoms with van der Waals surface area (Å²) >= 11 is 0. The highest BCUT2D eigenvalue weighted by molar-refractivity contribution is 5.76. The largest absolute Gasteiger partial charge is 0.342 e. The van der Waals surface area contributed by atoms with Crippen LogP contribution in [0, 0.1) is 6.92 Å². The van der Waals surface area contributed by atoms with E-state index in [-0.39, 0.29) is 17.4 Å². The Morgan fingerprint density at radius 1 is 1.30 bits per heavy atom. The van der Waals surface area contributed by atoms with E-state index in [2.05, 4.69) is 19.1 Å². The summed E-state index contributed by atoms with van der Waals surface area (Å²) in [5.74, 6) is 2.36. The van der Waals surface area contributed by atoms with E-state index in [9.17, 15) is 9.59 Å². The molecule has 144 valence electrons. The predicted octanol–water partition coefficient (Wildman–Crippen LogP) is 1.88. The molecule has 7 heteroatoms. The maximum absolute atomic E-state index is 12.7. The smallest absolute Gasteiger partial charge is 0.273 e. The maximum Gasteiger partial charge on any atom is 0.273 e. The van der Waals surface area contributed by atoms with Gasteiger partial charge in [-0.05, 0) is 32.6 Å². The molecule has 1 unspecified atom stereocenters. The van der Waals surface area contributed by atoms with Gasteiger partial charge in [-0.1, -0.05) is 0 Å². The van der Waals surface area contributed by atoms with E-state index < -0.39 is 0 Å². The van der Waals surface area contributed by atoms with E-state index in [1.54, 1.807) is 12.3 Å². The molecule has 1 saturated heterocycles. The highest BCUT2D eigenvalue weighted by atomic mass is 16.2. The number of amides is 1. The first kappa shape index (κ1) is 17.9. The first-order valence-corrected chi connectivity index (χ1v) is 9.98. The Bertz CT molecular complexity index is 885. The van der Waals surface area contributed by atoms with Crippen molar-refractivity contribution in [3.63, 3.8) is 0 Å². The number of hydrogen-bond acceptors (Lipinski definition) is 4. The molecular formula is C20H27N5O2. The van der Waals surface area contributed by atoms with Crippen LogP contribution in [0.4, 0.5) is 0 Å². The lowest BCUT2D eigenvalue weighted by atomic mass is 9.93. The lowest BCUT2D eigenvalue weighted by Gasteiger charge is -2.34. The fourth-order valence-electron chi connectivity index (χ4n) is 4.40. The number of piperidine rings is 1. The summed E-state index contributed by atoms with van der Waals surface area (Å²) in [7, 11) is 0. The van der Waals surface area contributed by atoms with Gasteiger partial charge < -0.3 is 14.0 Å². The number of hydrogen-bond donors (Lipinski definition) is 0. The molecule has 4 heterocycles. The first-order chi connectivity index (χ1) is 13.1. The van der Waals surface area contributed by atoms with E-state index in [0.29, 0.717) is 13.0 Å². The minimum Gasteiger partial charge on any atom is -0.342 e. The van der Waals surface area contributed by atoms with Crippen molar-refractivity contribution >= 4 is 5.91 Å². The highest BCUT2D eigenvalue weighted by Gasteiger charge is 2.28. The second-order valence-corrected chi connectivity index (χ2v) is 7.64. The SMILES string of the molecule is Cc1nccn1CCCC(=O)N1CCCC(c2cc(=O)nc3n2CCC3)C1. The lowest BCUT2D eigenvalue weighted by molar-refractivity contribution is -0.132. The normalized spacial score (nSPS) is 19.3. The third kappa shape index (κ3) is 3.82. The van der Waals surface area contributed by atoms with Gasteiger partial charge in [0.15, 0.2) is 0 Å². The van der Waals surface area contributed by atoms with Gasteiger partial charge in [0.1, 0.15) is 11.6 Å². The molecule has 0 aromatic carbocycles. The number of rotatable bonds is 5. The third-order valence-corrected chi connectivity index (χ3v) is 5.82. The number of carbonyl (C=O) groups is 1. The average molecular weight is 369 g/mol. The Morgan fingerprint density at radius 3 is 3.00 bits per heavy atom. The van der Waals surface area contributed by atoms with E-state index in [1.807, 2.05) is 18.0 Å². The van der Waals surface area contributed by atoms with Gasteiger partial charge in [0.2, 0.25) is 5.91 Å². The van der Waals surface area contributed by atoms with Crippen molar-refractivity contribution in [2.75, 3.05) is 13.1 Å². The molecule has 1 amide bonds. The fourth-order valence-corrected chi connectivity index (χ4v) is 4.40. The van der Waals surface area contributed by atoms with Crippen molar-refractivity contribution in [2.45, 2.75) is 64.5 Å². The topological polar surface area (TPSA) is 73.0 Å². The summed E-state index contributed by atoms with van der Waals surface area (Å²) in [6.07, 6.45) is 9.07. The van der Waals surface area contributed by atoms with Crippen LogP contribution in [0.2, 0.25) is 0 Å². The third-order valence-electron chi connectivity index (χ3n) is 5.82. The van der Waals surface area contributed by atoms with Crippen molar-refractivity contribution in [3.05, 3.63) is 46.2 Å². The van der Waals surface area contributed by atoms with Gasteiger partial charge in [-0.15, -0.1) is 0 Å². The second-order valence-electron chi connectivity index (χ2n) is 7.64. The minimum absolute atomic E-state index is 0.141. The maximum atomic E-state index is 12.7. The standard InChI is InChI=1S/C20H27N5O2/c1-15-21-8-12-23(15)9-4-7-20(27)24-10-2-5-16(14-24)17-13-19(26)22-18-6-3-11-25(17)18/h8,12-13,16H,2-7,9-11,14H2,1H3. The second kappa shape index (κ2) is 7.66. The van der Waals surface area contributed by atoms with Crippen LogP contribution in [0.1, 0.15) is 55.4 Å². The van der Waals surface area contributed by atoms with Gasteiger partial charge in [-0.3, -0.25) is 9.59 Å². The molecule has 1 atom stereocenters. The molecule has 0 radical (unpaired) electrons. The van der Waals surface area contributed by atoms with Gasteiger partial charge in [0.25, 0.3) is 5.56 Å². The lowest BCUT2D eigenvalue weighted by Crippen LogP contribution is -2.40. The molecule has 2 aliphatic rings. The van der Waals surface area contributed by atoms with E-state index in [4.69, 9.17) is 0 Å².